The van der Waals surface area contributed by atoms with E-state index in [4.69, 9.17) is 21.4 Å². The topological polar surface area (TPSA) is 137 Å². The highest BCUT2D eigenvalue weighted by atomic mass is 35.5. The largest absolute Gasteiger partial charge is 0.478 e. The minimum absolute atomic E-state index is 0.0657. The van der Waals surface area contributed by atoms with Gasteiger partial charge in [-0.25, -0.2) is 4.79 Å². The Morgan fingerprint density at radius 2 is 2.03 bits per heavy atom. The Balaban J connectivity index is 1.85. The number of nitrogens with one attached hydrogen (secondary N) is 1. The molecule has 0 bridgehead atoms. The maximum atomic E-state index is 12.6. The maximum Gasteiger partial charge on any atom is 0.338 e. The lowest BCUT2D eigenvalue weighted by Crippen LogP contribution is -2.24. The second-order valence-electron chi connectivity index (χ2n) is 6.66. The van der Waals surface area contributed by atoms with Crippen LogP contribution in [0.15, 0.2) is 48.8 Å². The van der Waals surface area contributed by atoms with E-state index in [2.05, 4.69) is 10.4 Å². The van der Waals surface area contributed by atoms with E-state index in [0.29, 0.717) is 10.8 Å². The molecule has 0 aliphatic carbocycles. The minimum atomic E-state index is -1.17. The number of amides is 1. The molecular weight excluding hydrogens is 428 g/mol. The van der Waals surface area contributed by atoms with Crippen LogP contribution in [0.1, 0.15) is 28.9 Å². The smallest absolute Gasteiger partial charge is 0.338 e. The number of carbonyl (C=O) groups is 2. The summed E-state index contributed by atoms with van der Waals surface area (Å²) in [5.41, 5.74) is 0.521. The van der Waals surface area contributed by atoms with Gasteiger partial charge in [0.1, 0.15) is 17.5 Å². The minimum Gasteiger partial charge on any atom is -0.478 e. The molecule has 1 amide bonds. The third kappa shape index (κ3) is 5.17. The predicted octanol–water partition coefficient (Wildman–Crippen LogP) is 4.44. The summed E-state index contributed by atoms with van der Waals surface area (Å²) in [6, 6.07) is 7.95. The van der Waals surface area contributed by atoms with Crippen LogP contribution in [0.25, 0.3) is 0 Å². The average molecular weight is 445 g/mol. The van der Waals surface area contributed by atoms with E-state index in [1.165, 1.54) is 36.0 Å². The fourth-order valence-electron chi connectivity index (χ4n) is 2.70. The standard InChI is InChI=1S/C20H17ClN4O6/c1-11-5-14(21)3-4-18(11)31-17-7-15(6-16(8-17)25(29)30)23-19(26)12(2)24-10-13(9-22-24)20(27)28/h3-10,12H,1-2H3,(H,23,26)(H,27,28). The van der Waals surface area contributed by atoms with Gasteiger partial charge < -0.3 is 15.2 Å². The van der Waals surface area contributed by atoms with Crippen LogP contribution in [0.3, 0.4) is 0 Å². The van der Waals surface area contributed by atoms with E-state index in [1.807, 2.05) is 0 Å². The van der Waals surface area contributed by atoms with Gasteiger partial charge >= 0.3 is 5.97 Å². The van der Waals surface area contributed by atoms with Crippen molar-refractivity contribution in [3.05, 3.63) is 75.1 Å². The molecular formula is C20H17ClN4O6. The summed E-state index contributed by atoms with van der Waals surface area (Å²) < 4.78 is 6.94. The number of benzene rings is 2. The molecule has 10 nitrogen and oxygen atoms in total. The lowest BCUT2D eigenvalue weighted by Gasteiger charge is -2.14. The summed E-state index contributed by atoms with van der Waals surface area (Å²) in [6.45, 7) is 3.29. The zero-order chi connectivity index (χ0) is 22.7. The van der Waals surface area contributed by atoms with Crippen molar-refractivity contribution < 1.29 is 24.4 Å². The number of nitro groups is 1. The molecule has 1 atom stereocenters. The number of hydrogen-bond acceptors (Lipinski definition) is 6. The fourth-order valence-corrected chi connectivity index (χ4v) is 2.93. The van der Waals surface area contributed by atoms with Gasteiger partial charge in [-0.05, 0) is 37.6 Å². The van der Waals surface area contributed by atoms with Crippen molar-refractivity contribution in [2.24, 2.45) is 0 Å². The Hall–Kier alpha value is -3.92. The first-order chi connectivity index (χ1) is 14.6. The molecule has 1 aromatic heterocycles. The second-order valence-corrected chi connectivity index (χ2v) is 7.10. The van der Waals surface area contributed by atoms with Gasteiger partial charge in [0, 0.05) is 23.4 Å². The Labute approximate surface area is 181 Å². The number of nitrogens with zero attached hydrogens (tertiary/aromatic N) is 3. The summed E-state index contributed by atoms with van der Waals surface area (Å²) in [4.78, 5) is 34.3. The highest BCUT2D eigenvalue weighted by Crippen LogP contribution is 2.32. The number of carboxylic acids is 1. The molecule has 2 N–H and O–H groups in total. The van der Waals surface area contributed by atoms with Gasteiger partial charge in [0.15, 0.2) is 0 Å². The number of hydrogen-bond donors (Lipinski definition) is 2. The molecule has 0 spiro atoms. The van der Waals surface area contributed by atoms with Crippen molar-refractivity contribution in [1.82, 2.24) is 9.78 Å². The van der Waals surface area contributed by atoms with Crippen molar-refractivity contribution in [2.75, 3.05) is 5.32 Å². The molecule has 1 heterocycles. The van der Waals surface area contributed by atoms with Gasteiger partial charge in [0.2, 0.25) is 5.91 Å². The second kappa shape index (κ2) is 8.84. The van der Waals surface area contributed by atoms with Crippen LogP contribution in [-0.4, -0.2) is 31.7 Å². The van der Waals surface area contributed by atoms with Crippen LogP contribution in [0, 0.1) is 17.0 Å². The zero-order valence-corrected chi connectivity index (χ0v) is 17.2. The van der Waals surface area contributed by atoms with Gasteiger partial charge in [-0.3, -0.25) is 19.6 Å². The number of aromatic nitrogens is 2. The van der Waals surface area contributed by atoms with E-state index >= 15 is 0 Å². The number of ether oxygens (including phenoxy) is 1. The fraction of sp³-hybridized carbons (Fsp3) is 0.150. The molecule has 0 aliphatic heterocycles. The number of carbonyl (C=O) groups excluding carboxylic acids is 1. The van der Waals surface area contributed by atoms with Crippen molar-refractivity contribution in [3.8, 4) is 11.5 Å². The lowest BCUT2D eigenvalue weighted by molar-refractivity contribution is -0.384. The SMILES string of the molecule is Cc1cc(Cl)ccc1Oc1cc(NC(=O)C(C)n2cc(C(=O)O)cn2)cc([N+](=O)[O-])c1. The van der Waals surface area contributed by atoms with Crippen LogP contribution in [-0.2, 0) is 4.79 Å². The monoisotopic (exact) mass is 444 g/mol. The number of halogens is 1. The van der Waals surface area contributed by atoms with Crippen LogP contribution in [0.2, 0.25) is 5.02 Å². The molecule has 0 saturated heterocycles. The number of carboxylic acid groups (broad SMARTS) is 1. The summed E-state index contributed by atoms with van der Waals surface area (Å²) in [5.74, 6) is -1.12. The number of nitro benzene ring substituents is 1. The number of rotatable bonds is 7. The number of aryl methyl sites for hydroxylation is 1. The van der Waals surface area contributed by atoms with Crippen molar-refractivity contribution in [1.29, 1.82) is 0 Å². The molecule has 0 saturated carbocycles. The van der Waals surface area contributed by atoms with Gasteiger partial charge in [-0.15, -0.1) is 0 Å². The Kier molecular flexibility index (Phi) is 6.21. The molecule has 0 aliphatic rings. The number of anilines is 1. The number of non-ortho nitro benzene ring substituents is 1. The maximum absolute atomic E-state index is 12.6. The van der Waals surface area contributed by atoms with E-state index in [0.717, 1.165) is 11.8 Å². The predicted molar refractivity (Wildman–Crippen MR) is 112 cm³/mol. The average Bonchev–Trinajstić information content (AvgIpc) is 3.20. The lowest BCUT2D eigenvalue weighted by atomic mass is 10.2. The number of aromatic carboxylic acids is 1. The van der Waals surface area contributed by atoms with E-state index in [9.17, 15) is 19.7 Å². The third-order valence-corrected chi connectivity index (χ3v) is 4.59. The molecule has 2 aromatic carbocycles. The first-order valence-corrected chi connectivity index (χ1v) is 9.33. The van der Waals surface area contributed by atoms with E-state index < -0.39 is 22.8 Å². The first kappa shape index (κ1) is 21.8. The molecule has 1 unspecified atom stereocenters. The molecule has 160 valence electrons. The molecule has 31 heavy (non-hydrogen) atoms. The summed E-state index contributed by atoms with van der Waals surface area (Å²) in [5, 5.41) is 27.3. The van der Waals surface area contributed by atoms with Gasteiger partial charge in [0.25, 0.3) is 5.69 Å². The third-order valence-electron chi connectivity index (χ3n) is 4.36. The Bertz CT molecular complexity index is 1180. The Morgan fingerprint density at radius 1 is 1.29 bits per heavy atom. The van der Waals surface area contributed by atoms with E-state index in [1.54, 1.807) is 25.1 Å². The van der Waals surface area contributed by atoms with Gasteiger partial charge in [-0.1, -0.05) is 11.6 Å². The van der Waals surface area contributed by atoms with Crippen LogP contribution in [0.5, 0.6) is 11.5 Å². The van der Waals surface area contributed by atoms with E-state index in [-0.39, 0.29) is 22.7 Å². The molecule has 0 fully saturated rings. The summed E-state index contributed by atoms with van der Waals surface area (Å²) in [6.07, 6.45) is 2.34. The highest BCUT2D eigenvalue weighted by Gasteiger charge is 2.20. The Morgan fingerprint density at radius 3 is 2.65 bits per heavy atom. The highest BCUT2D eigenvalue weighted by molar-refractivity contribution is 6.30. The summed E-state index contributed by atoms with van der Waals surface area (Å²) >= 11 is 5.94. The quantitative estimate of drug-likeness (QED) is 0.405. The normalized spacial score (nSPS) is 11.6. The van der Waals surface area contributed by atoms with Gasteiger partial charge in [-0.2, -0.15) is 5.10 Å². The van der Waals surface area contributed by atoms with Crippen molar-refractivity contribution in [2.45, 2.75) is 19.9 Å². The first-order valence-electron chi connectivity index (χ1n) is 8.96. The molecule has 0 radical (unpaired) electrons. The summed E-state index contributed by atoms with van der Waals surface area (Å²) in [7, 11) is 0. The van der Waals surface area contributed by atoms with Crippen LogP contribution >= 0.6 is 11.6 Å². The van der Waals surface area contributed by atoms with Gasteiger partial charge in [0.05, 0.1) is 28.4 Å². The molecule has 11 heteroatoms. The van der Waals surface area contributed by atoms with Crippen LogP contribution in [0.4, 0.5) is 11.4 Å². The molecule has 3 rings (SSSR count). The van der Waals surface area contributed by atoms with Crippen LogP contribution < -0.4 is 10.1 Å². The van der Waals surface area contributed by atoms with Crippen molar-refractivity contribution >= 4 is 34.9 Å². The van der Waals surface area contributed by atoms with Crippen molar-refractivity contribution in [3.63, 3.8) is 0 Å². The zero-order valence-electron chi connectivity index (χ0n) is 16.4. The molecule has 3 aromatic rings.